The predicted molar refractivity (Wildman–Crippen MR) is 106 cm³/mol. The molecule has 150 valence electrons. The fourth-order valence-electron chi connectivity index (χ4n) is 5.02. The molecule has 1 aliphatic heterocycles. The zero-order valence-electron chi connectivity index (χ0n) is 16.0. The Balaban J connectivity index is 0.00000243. The van der Waals surface area contributed by atoms with Crippen molar-refractivity contribution in [1.82, 2.24) is 9.80 Å². The van der Waals surface area contributed by atoms with Crippen molar-refractivity contribution in [3.63, 3.8) is 0 Å². The van der Waals surface area contributed by atoms with Crippen LogP contribution >= 0.6 is 12.4 Å². The maximum atomic E-state index is 12.7. The summed E-state index contributed by atoms with van der Waals surface area (Å²) in [5.74, 6) is 1.82. The molecule has 0 aromatic heterocycles. The summed E-state index contributed by atoms with van der Waals surface area (Å²) in [6, 6.07) is 0. The first kappa shape index (κ1) is 21.5. The molecular formula is C20H36ClN3O2. The average molecular weight is 386 g/mol. The molecule has 3 aliphatic rings. The van der Waals surface area contributed by atoms with Gasteiger partial charge in [-0.2, -0.15) is 0 Å². The molecule has 5 nitrogen and oxygen atoms in total. The molecule has 2 atom stereocenters. The van der Waals surface area contributed by atoms with Crippen molar-refractivity contribution in [2.24, 2.45) is 23.5 Å². The second-order valence-electron chi connectivity index (χ2n) is 8.28. The Bertz CT molecular complexity index is 460. The van der Waals surface area contributed by atoms with E-state index in [0.717, 1.165) is 31.6 Å². The van der Waals surface area contributed by atoms with Crippen LogP contribution in [0.2, 0.25) is 0 Å². The van der Waals surface area contributed by atoms with Crippen LogP contribution in [0, 0.1) is 17.8 Å². The quantitative estimate of drug-likeness (QED) is 0.791. The highest BCUT2D eigenvalue weighted by molar-refractivity contribution is 5.85. The van der Waals surface area contributed by atoms with E-state index >= 15 is 0 Å². The molecule has 1 heterocycles. The molecule has 2 N–H and O–H groups in total. The van der Waals surface area contributed by atoms with Crippen LogP contribution in [0.15, 0.2) is 0 Å². The molecule has 0 spiro atoms. The van der Waals surface area contributed by atoms with Crippen molar-refractivity contribution in [2.75, 3.05) is 32.7 Å². The molecule has 2 amide bonds. The highest BCUT2D eigenvalue weighted by atomic mass is 35.5. The monoisotopic (exact) mass is 385 g/mol. The molecule has 6 heteroatoms. The van der Waals surface area contributed by atoms with Gasteiger partial charge in [0.2, 0.25) is 11.8 Å². The summed E-state index contributed by atoms with van der Waals surface area (Å²) in [5.41, 5.74) is 5.82. The molecule has 0 bridgehead atoms. The van der Waals surface area contributed by atoms with Crippen molar-refractivity contribution in [1.29, 1.82) is 0 Å². The van der Waals surface area contributed by atoms with E-state index in [-0.39, 0.29) is 24.2 Å². The maximum Gasteiger partial charge on any atom is 0.226 e. The predicted octanol–water partition coefficient (Wildman–Crippen LogP) is 2.81. The molecule has 0 aromatic carbocycles. The lowest BCUT2D eigenvalue weighted by atomic mass is 9.86. The Morgan fingerprint density at radius 3 is 2.15 bits per heavy atom. The first-order valence-corrected chi connectivity index (χ1v) is 10.5. The zero-order valence-corrected chi connectivity index (χ0v) is 16.9. The van der Waals surface area contributed by atoms with Crippen LogP contribution in [-0.4, -0.2) is 54.3 Å². The molecule has 3 rings (SSSR count). The standard InChI is InChI=1S/C20H35N3O2.ClH/c21-15-17-7-4-8-18(17)20(25)23-13-11-22(12-14-23)19(24)10-9-16-5-2-1-3-6-16;/h16-18H,1-15,21H2;1H/t17-,18-;/m1./s1. The lowest BCUT2D eigenvalue weighted by Crippen LogP contribution is -2.52. The Kier molecular flexibility index (Phi) is 8.68. The van der Waals surface area contributed by atoms with Crippen LogP contribution in [0.1, 0.15) is 64.2 Å². The van der Waals surface area contributed by atoms with Gasteiger partial charge in [0, 0.05) is 38.5 Å². The number of hydrogen-bond acceptors (Lipinski definition) is 3. The van der Waals surface area contributed by atoms with Gasteiger partial charge < -0.3 is 15.5 Å². The van der Waals surface area contributed by atoms with E-state index in [2.05, 4.69) is 0 Å². The summed E-state index contributed by atoms with van der Waals surface area (Å²) in [5, 5.41) is 0. The number of rotatable bonds is 5. The Hall–Kier alpha value is -0.810. The number of nitrogens with two attached hydrogens (primary N) is 1. The van der Waals surface area contributed by atoms with Crippen molar-refractivity contribution in [2.45, 2.75) is 64.2 Å². The van der Waals surface area contributed by atoms with Gasteiger partial charge in [-0.1, -0.05) is 38.5 Å². The number of carbonyl (C=O) groups excluding carboxylic acids is 2. The third kappa shape index (κ3) is 5.35. The third-order valence-electron chi connectivity index (χ3n) is 6.71. The third-order valence-corrected chi connectivity index (χ3v) is 6.71. The van der Waals surface area contributed by atoms with Gasteiger partial charge in [0.15, 0.2) is 0 Å². The summed E-state index contributed by atoms with van der Waals surface area (Å²) in [4.78, 5) is 29.2. The lowest BCUT2D eigenvalue weighted by Gasteiger charge is -2.37. The van der Waals surface area contributed by atoms with E-state index in [0.29, 0.717) is 51.0 Å². The van der Waals surface area contributed by atoms with E-state index in [1.54, 1.807) is 0 Å². The minimum Gasteiger partial charge on any atom is -0.339 e. The topological polar surface area (TPSA) is 66.6 Å². The van der Waals surface area contributed by atoms with E-state index in [1.165, 1.54) is 32.1 Å². The van der Waals surface area contributed by atoms with Crippen molar-refractivity contribution in [3.8, 4) is 0 Å². The summed E-state index contributed by atoms with van der Waals surface area (Å²) >= 11 is 0. The van der Waals surface area contributed by atoms with Gasteiger partial charge >= 0.3 is 0 Å². The fraction of sp³-hybridized carbons (Fsp3) is 0.900. The van der Waals surface area contributed by atoms with Crippen LogP contribution in [0.5, 0.6) is 0 Å². The van der Waals surface area contributed by atoms with Crippen LogP contribution in [0.25, 0.3) is 0 Å². The molecule has 0 radical (unpaired) electrons. The fourth-order valence-corrected chi connectivity index (χ4v) is 5.02. The number of piperazine rings is 1. The van der Waals surface area contributed by atoms with Crippen LogP contribution < -0.4 is 5.73 Å². The lowest BCUT2D eigenvalue weighted by molar-refractivity contribution is -0.143. The van der Waals surface area contributed by atoms with E-state index in [9.17, 15) is 9.59 Å². The van der Waals surface area contributed by atoms with E-state index < -0.39 is 0 Å². The zero-order chi connectivity index (χ0) is 17.6. The average Bonchev–Trinajstić information content (AvgIpc) is 3.15. The molecule has 3 fully saturated rings. The van der Waals surface area contributed by atoms with Crippen molar-refractivity contribution in [3.05, 3.63) is 0 Å². The second kappa shape index (κ2) is 10.5. The Morgan fingerprint density at radius 1 is 0.846 bits per heavy atom. The molecule has 1 saturated heterocycles. The summed E-state index contributed by atoms with van der Waals surface area (Å²) < 4.78 is 0. The van der Waals surface area contributed by atoms with E-state index in [1.807, 2.05) is 9.80 Å². The van der Waals surface area contributed by atoms with Crippen molar-refractivity contribution < 1.29 is 9.59 Å². The van der Waals surface area contributed by atoms with Gasteiger partial charge in [-0.25, -0.2) is 0 Å². The highest BCUT2D eigenvalue weighted by Gasteiger charge is 2.36. The van der Waals surface area contributed by atoms with Crippen LogP contribution in [0.3, 0.4) is 0 Å². The number of hydrogen-bond donors (Lipinski definition) is 1. The first-order valence-electron chi connectivity index (χ1n) is 10.5. The van der Waals surface area contributed by atoms with Gasteiger partial charge in [-0.3, -0.25) is 9.59 Å². The summed E-state index contributed by atoms with van der Waals surface area (Å²) in [7, 11) is 0. The number of carbonyl (C=O) groups is 2. The molecule has 0 aromatic rings. The smallest absolute Gasteiger partial charge is 0.226 e. The number of amides is 2. The maximum absolute atomic E-state index is 12.7. The molecule has 2 saturated carbocycles. The summed E-state index contributed by atoms with van der Waals surface area (Å²) in [6.45, 7) is 3.42. The second-order valence-corrected chi connectivity index (χ2v) is 8.28. The minimum atomic E-state index is 0. The van der Waals surface area contributed by atoms with Gasteiger partial charge in [0.25, 0.3) is 0 Å². The van der Waals surface area contributed by atoms with Gasteiger partial charge in [0.05, 0.1) is 0 Å². The first-order chi connectivity index (χ1) is 12.2. The largest absolute Gasteiger partial charge is 0.339 e. The number of nitrogens with zero attached hydrogens (tertiary/aromatic N) is 2. The van der Waals surface area contributed by atoms with E-state index in [4.69, 9.17) is 5.73 Å². The summed E-state index contributed by atoms with van der Waals surface area (Å²) in [6.07, 6.45) is 11.6. The Labute approximate surface area is 164 Å². The van der Waals surface area contributed by atoms with Gasteiger partial charge in [-0.05, 0) is 37.6 Å². The molecule has 26 heavy (non-hydrogen) atoms. The minimum absolute atomic E-state index is 0. The molecule has 0 unspecified atom stereocenters. The number of halogens is 1. The highest BCUT2D eigenvalue weighted by Crippen LogP contribution is 2.32. The normalized spacial score (nSPS) is 27.3. The Morgan fingerprint density at radius 2 is 1.50 bits per heavy atom. The van der Waals surface area contributed by atoms with Gasteiger partial charge in [-0.15, -0.1) is 12.4 Å². The van der Waals surface area contributed by atoms with Crippen LogP contribution in [-0.2, 0) is 9.59 Å². The SMILES string of the molecule is Cl.NC[C@H]1CCC[C@H]1C(=O)N1CCN(C(=O)CCC2CCCCC2)CC1. The van der Waals surface area contributed by atoms with Crippen molar-refractivity contribution >= 4 is 24.2 Å². The van der Waals surface area contributed by atoms with Crippen LogP contribution in [0.4, 0.5) is 0 Å². The molecular weight excluding hydrogens is 350 g/mol. The van der Waals surface area contributed by atoms with Gasteiger partial charge in [0.1, 0.15) is 0 Å². The molecule has 2 aliphatic carbocycles.